The topological polar surface area (TPSA) is 71.3 Å². The molecule has 2 aliphatic rings. The maximum Gasteiger partial charge on any atom is 0.258 e. The molecule has 0 spiro atoms. The maximum absolute atomic E-state index is 13.3. The molecule has 3 heterocycles. The molecule has 2 aromatic rings. The fourth-order valence-corrected chi connectivity index (χ4v) is 4.09. The van der Waals surface area contributed by atoms with E-state index >= 15 is 0 Å². The highest BCUT2D eigenvalue weighted by molar-refractivity contribution is 6.00. The van der Waals surface area contributed by atoms with Gasteiger partial charge in [-0.2, -0.15) is 4.98 Å². The van der Waals surface area contributed by atoms with Crippen LogP contribution < -0.4 is 5.32 Å². The molecule has 2 fully saturated rings. The predicted octanol–water partition coefficient (Wildman–Crippen LogP) is 3.11. The third-order valence-electron chi connectivity index (χ3n) is 5.79. The van der Waals surface area contributed by atoms with Crippen molar-refractivity contribution >= 4 is 5.91 Å². The van der Waals surface area contributed by atoms with Gasteiger partial charge < -0.3 is 14.7 Å². The minimum Gasteiger partial charge on any atom is -0.339 e. The Morgan fingerprint density at radius 1 is 1.15 bits per heavy atom. The van der Waals surface area contributed by atoms with E-state index < -0.39 is 0 Å². The SMILES string of the molecule is CC(C)(C)c1noc(-c2ccccc2C(=O)N2CC[C@@H]3CNC[C@@H]3CC2)n1. The van der Waals surface area contributed by atoms with Crippen LogP contribution in [0.25, 0.3) is 11.5 Å². The number of carbonyl (C=O) groups excluding carboxylic acids is 1. The van der Waals surface area contributed by atoms with Gasteiger partial charge >= 0.3 is 0 Å². The summed E-state index contributed by atoms with van der Waals surface area (Å²) >= 11 is 0. The van der Waals surface area contributed by atoms with E-state index in [1.54, 1.807) is 0 Å². The van der Waals surface area contributed by atoms with Crippen LogP contribution in [0, 0.1) is 11.8 Å². The van der Waals surface area contributed by atoms with Gasteiger partial charge in [0.15, 0.2) is 5.82 Å². The molecule has 6 heteroatoms. The van der Waals surface area contributed by atoms with Crippen molar-refractivity contribution in [2.45, 2.75) is 39.0 Å². The molecule has 1 aromatic carbocycles. The van der Waals surface area contributed by atoms with E-state index in [0.717, 1.165) is 44.6 Å². The van der Waals surface area contributed by atoms with Crippen LogP contribution >= 0.6 is 0 Å². The summed E-state index contributed by atoms with van der Waals surface area (Å²) in [5.41, 5.74) is 1.17. The second-order valence-electron chi connectivity index (χ2n) is 8.77. The first-order chi connectivity index (χ1) is 12.9. The number of amides is 1. The zero-order chi connectivity index (χ0) is 19.0. The molecule has 0 unspecified atom stereocenters. The lowest BCUT2D eigenvalue weighted by Gasteiger charge is -2.22. The van der Waals surface area contributed by atoms with E-state index in [1.165, 1.54) is 0 Å². The van der Waals surface area contributed by atoms with Gasteiger partial charge in [0.25, 0.3) is 11.8 Å². The number of fused-ring (bicyclic) bond motifs is 1. The molecule has 1 aromatic heterocycles. The lowest BCUT2D eigenvalue weighted by Crippen LogP contribution is -2.33. The fraction of sp³-hybridized carbons (Fsp3) is 0.571. The summed E-state index contributed by atoms with van der Waals surface area (Å²) in [5, 5.41) is 7.59. The third-order valence-corrected chi connectivity index (χ3v) is 5.79. The summed E-state index contributed by atoms with van der Waals surface area (Å²) in [7, 11) is 0. The van der Waals surface area contributed by atoms with Crippen LogP contribution in [0.5, 0.6) is 0 Å². The van der Waals surface area contributed by atoms with Crippen molar-refractivity contribution in [1.29, 1.82) is 0 Å². The van der Waals surface area contributed by atoms with Gasteiger partial charge in [-0.05, 0) is 49.9 Å². The van der Waals surface area contributed by atoms with Crippen molar-refractivity contribution in [2.24, 2.45) is 11.8 Å². The second kappa shape index (κ2) is 7.08. The Bertz CT molecular complexity index is 810. The molecule has 2 atom stereocenters. The number of likely N-dealkylation sites (tertiary alicyclic amines) is 1. The number of rotatable bonds is 2. The van der Waals surface area contributed by atoms with E-state index in [2.05, 4.69) is 15.5 Å². The van der Waals surface area contributed by atoms with Crippen molar-refractivity contribution in [3.63, 3.8) is 0 Å². The van der Waals surface area contributed by atoms with Gasteiger partial charge in [-0.25, -0.2) is 0 Å². The average molecular weight is 368 g/mol. The standard InChI is InChI=1S/C21H28N4O2/c1-21(2,3)20-23-18(27-24-20)16-6-4-5-7-17(16)19(26)25-10-8-14-12-22-13-15(14)9-11-25/h4-7,14-15,22H,8-13H2,1-3H3/t14-,15+. The van der Waals surface area contributed by atoms with Crippen molar-refractivity contribution < 1.29 is 9.32 Å². The van der Waals surface area contributed by atoms with Gasteiger partial charge in [0.05, 0.1) is 11.1 Å². The normalized spacial score (nSPS) is 23.1. The molecule has 27 heavy (non-hydrogen) atoms. The van der Waals surface area contributed by atoms with Crippen molar-refractivity contribution in [3.05, 3.63) is 35.7 Å². The summed E-state index contributed by atoms with van der Waals surface area (Å²) in [5.74, 6) is 2.52. The summed E-state index contributed by atoms with van der Waals surface area (Å²) in [6.07, 6.45) is 2.14. The Kier molecular flexibility index (Phi) is 4.76. The number of nitrogens with one attached hydrogen (secondary N) is 1. The Morgan fingerprint density at radius 3 is 2.44 bits per heavy atom. The van der Waals surface area contributed by atoms with E-state index in [0.29, 0.717) is 29.1 Å². The van der Waals surface area contributed by atoms with Crippen LogP contribution in [0.3, 0.4) is 0 Å². The molecule has 0 radical (unpaired) electrons. The highest BCUT2D eigenvalue weighted by Crippen LogP contribution is 2.30. The molecule has 6 nitrogen and oxygen atoms in total. The van der Waals surface area contributed by atoms with Gasteiger partial charge in [0.1, 0.15) is 0 Å². The quantitative estimate of drug-likeness (QED) is 0.882. The molecule has 2 saturated heterocycles. The number of benzene rings is 1. The number of hydrogen-bond acceptors (Lipinski definition) is 5. The Balaban J connectivity index is 1.59. The Hall–Kier alpha value is -2.21. The van der Waals surface area contributed by atoms with Crippen LogP contribution in [0.1, 0.15) is 49.8 Å². The van der Waals surface area contributed by atoms with Gasteiger partial charge in [0.2, 0.25) is 0 Å². The minimum absolute atomic E-state index is 0.0639. The maximum atomic E-state index is 13.3. The van der Waals surface area contributed by atoms with Gasteiger partial charge in [-0.3, -0.25) is 4.79 Å². The van der Waals surface area contributed by atoms with Gasteiger partial charge in [-0.1, -0.05) is 38.1 Å². The fourth-order valence-electron chi connectivity index (χ4n) is 4.09. The number of nitrogens with zero attached hydrogens (tertiary/aromatic N) is 3. The van der Waals surface area contributed by atoms with Crippen molar-refractivity contribution in [1.82, 2.24) is 20.4 Å². The Morgan fingerprint density at radius 2 is 1.81 bits per heavy atom. The smallest absolute Gasteiger partial charge is 0.258 e. The first-order valence-electron chi connectivity index (χ1n) is 9.87. The van der Waals surface area contributed by atoms with Crippen LogP contribution in [-0.4, -0.2) is 47.1 Å². The van der Waals surface area contributed by atoms with Crippen LogP contribution in [-0.2, 0) is 5.41 Å². The molecule has 144 valence electrons. The molecule has 4 rings (SSSR count). The molecular weight excluding hydrogens is 340 g/mol. The van der Waals surface area contributed by atoms with Gasteiger partial charge in [0, 0.05) is 18.5 Å². The highest BCUT2D eigenvalue weighted by atomic mass is 16.5. The zero-order valence-electron chi connectivity index (χ0n) is 16.4. The summed E-state index contributed by atoms with van der Waals surface area (Å²) in [6, 6.07) is 7.56. The summed E-state index contributed by atoms with van der Waals surface area (Å²) < 4.78 is 5.50. The molecule has 1 N–H and O–H groups in total. The number of hydrogen-bond donors (Lipinski definition) is 1. The second-order valence-corrected chi connectivity index (χ2v) is 8.77. The Labute approximate surface area is 160 Å². The average Bonchev–Trinajstić information content (AvgIpc) is 3.27. The summed E-state index contributed by atoms with van der Waals surface area (Å²) in [6.45, 7) is 9.92. The monoisotopic (exact) mass is 368 g/mol. The van der Waals surface area contributed by atoms with E-state index in [4.69, 9.17) is 4.52 Å². The molecule has 0 saturated carbocycles. The van der Waals surface area contributed by atoms with Crippen LogP contribution in [0.4, 0.5) is 0 Å². The predicted molar refractivity (Wildman–Crippen MR) is 103 cm³/mol. The minimum atomic E-state index is -0.197. The molecule has 0 aliphatic carbocycles. The summed E-state index contributed by atoms with van der Waals surface area (Å²) in [4.78, 5) is 19.8. The van der Waals surface area contributed by atoms with E-state index in [1.807, 2.05) is 49.9 Å². The lowest BCUT2D eigenvalue weighted by molar-refractivity contribution is 0.0759. The lowest BCUT2D eigenvalue weighted by atomic mass is 9.92. The third kappa shape index (κ3) is 3.63. The first-order valence-corrected chi connectivity index (χ1v) is 9.87. The van der Waals surface area contributed by atoms with E-state index in [-0.39, 0.29) is 11.3 Å². The van der Waals surface area contributed by atoms with Crippen LogP contribution in [0.2, 0.25) is 0 Å². The van der Waals surface area contributed by atoms with Gasteiger partial charge in [-0.15, -0.1) is 0 Å². The molecular formula is C21H28N4O2. The van der Waals surface area contributed by atoms with Crippen molar-refractivity contribution in [2.75, 3.05) is 26.2 Å². The van der Waals surface area contributed by atoms with Crippen LogP contribution in [0.15, 0.2) is 28.8 Å². The molecule has 1 amide bonds. The van der Waals surface area contributed by atoms with E-state index in [9.17, 15) is 4.79 Å². The highest BCUT2D eigenvalue weighted by Gasteiger charge is 2.32. The van der Waals surface area contributed by atoms with Crippen molar-refractivity contribution in [3.8, 4) is 11.5 Å². The number of aromatic nitrogens is 2. The number of carbonyl (C=O) groups is 1. The molecule has 0 bridgehead atoms. The largest absolute Gasteiger partial charge is 0.339 e. The first kappa shape index (κ1) is 18.2. The molecule has 2 aliphatic heterocycles. The zero-order valence-corrected chi connectivity index (χ0v) is 16.4.